The van der Waals surface area contributed by atoms with Crippen LogP contribution in [0.15, 0.2) is 59.5 Å². The smallest absolute Gasteiger partial charge is 0.225 e. The van der Waals surface area contributed by atoms with Gasteiger partial charge >= 0.3 is 0 Å². The predicted octanol–water partition coefficient (Wildman–Crippen LogP) is 7.37. The molecule has 0 aliphatic rings. The summed E-state index contributed by atoms with van der Waals surface area (Å²) in [6.45, 7) is 15.8. The van der Waals surface area contributed by atoms with Crippen molar-refractivity contribution in [3.8, 4) is 0 Å². The molecule has 1 amide bonds. The van der Waals surface area contributed by atoms with E-state index in [1.165, 1.54) is 16.0 Å². The van der Waals surface area contributed by atoms with Crippen molar-refractivity contribution in [1.82, 2.24) is 5.32 Å². The van der Waals surface area contributed by atoms with Gasteiger partial charge in [0.15, 0.2) is 0 Å². The first-order valence-corrected chi connectivity index (χ1v) is 11.3. The van der Waals surface area contributed by atoms with Crippen LogP contribution < -0.4 is 5.32 Å². The van der Waals surface area contributed by atoms with E-state index in [9.17, 15) is 4.79 Å². The Labute approximate surface area is 178 Å². The summed E-state index contributed by atoms with van der Waals surface area (Å²) in [5.74, 6) is 1.13. The van der Waals surface area contributed by atoms with Crippen LogP contribution in [-0.2, 0) is 17.0 Å². The van der Waals surface area contributed by atoms with Crippen molar-refractivity contribution in [3.63, 3.8) is 0 Å². The highest BCUT2D eigenvalue weighted by molar-refractivity contribution is 7.98. The molecule has 0 saturated heterocycles. The van der Waals surface area contributed by atoms with Gasteiger partial charge in [-0.1, -0.05) is 97.9 Å². The SMILES string of the molecule is CC.CC.CCc1ccc(SCc2ccccc2)cc1.CNC(=O)C(C)(C)C. The highest BCUT2D eigenvalue weighted by atomic mass is 32.2. The largest absolute Gasteiger partial charge is 0.359 e. The summed E-state index contributed by atoms with van der Waals surface area (Å²) in [4.78, 5) is 12.1. The maximum Gasteiger partial charge on any atom is 0.225 e. The average molecular weight is 404 g/mol. The molecule has 0 spiro atoms. The van der Waals surface area contributed by atoms with E-state index < -0.39 is 0 Å². The fourth-order valence-electron chi connectivity index (χ4n) is 1.94. The van der Waals surface area contributed by atoms with Crippen molar-refractivity contribution in [2.24, 2.45) is 5.41 Å². The Morgan fingerprint density at radius 3 is 1.71 bits per heavy atom. The second-order valence-electron chi connectivity index (χ2n) is 6.60. The molecule has 0 aliphatic carbocycles. The zero-order valence-corrected chi connectivity index (χ0v) is 20.2. The van der Waals surface area contributed by atoms with E-state index in [2.05, 4.69) is 66.8 Å². The van der Waals surface area contributed by atoms with Gasteiger partial charge in [-0.3, -0.25) is 4.79 Å². The van der Waals surface area contributed by atoms with Gasteiger partial charge in [-0.15, -0.1) is 11.8 Å². The maximum absolute atomic E-state index is 10.7. The van der Waals surface area contributed by atoms with E-state index >= 15 is 0 Å². The van der Waals surface area contributed by atoms with Crippen LogP contribution in [0.25, 0.3) is 0 Å². The van der Waals surface area contributed by atoms with E-state index in [4.69, 9.17) is 0 Å². The molecule has 1 N–H and O–H groups in total. The summed E-state index contributed by atoms with van der Waals surface area (Å²) in [7, 11) is 1.65. The van der Waals surface area contributed by atoms with Crippen molar-refractivity contribution in [1.29, 1.82) is 0 Å². The Bertz CT molecular complexity index is 601. The van der Waals surface area contributed by atoms with Crippen LogP contribution in [0.4, 0.5) is 0 Å². The number of carbonyl (C=O) groups is 1. The van der Waals surface area contributed by atoms with Gasteiger partial charge in [0.2, 0.25) is 5.91 Å². The van der Waals surface area contributed by atoms with Gasteiger partial charge in [0.25, 0.3) is 0 Å². The summed E-state index contributed by atoms with van der Waals surface area (Å²) < 4.78 is 0. The monoisotopic (exact) mass is 403 g/mol. The summed E-state index contributed by atoms with van der Waals surface area (Å²) >= 11 is 1.89. The number of thioether (sulfide) groups is 1. The lowest BCUT2D eigenvalue weighted by Gasteiger charge is -2.14. The molecule has 28 heavy (non-hydrogen) atoms. The molecule has 3 heteroatoms. The Kier molecular flexibility index (Phi) is 17.7. The minimum atomic E-state index is -0.241. The Morgan fingerprint density at radius 2 is 1.36 bits per heavy atom. The van der Waals surface area contributed by atoms with Crippen molar-refractivity contribution < 1.29 is 4.79 Å². The van der Waals surface area contributed by atoms with E-state index in [1.54, 1.807) is 7.05 Å². The number of hydrogen-bond acceptors (Lipinski definition) is 2. The van der Waals surface area contributed by atoms with E-state index in [1.807, 2.05) is 60.2 Å². The molecule has 0 atom stereocenters. The molecule has 0 fully saturated rings. The second kappa shape index (κ2) is 17.4. The Balaban J connectivity index is 0. The zero-order valence-electron chi connectivity index (χ0n) is 19.4. The molecular formula is C25H41NOS. The molecule has 2 aromatic rings. The molecule has 158 valence electrons. The van der Waals surface area contributed by atoms with Gasteiger partial charge in [0, 0.05) is 23.1 Å². The minimum absolute atomic E-state index is 0.0810. The van der Waals surface area contributed by atoms with Gasteiger partial charge in [0.1, 0.15) is 0 Å². The van der Waals surface area contributed by atoms with Crippen LogP contribution in [0.5, 0.6) is 0 Å². The number of benzene rings is 2. The van der Waals surface area contributed by atoms with Crippen LogP contribution in [0.2, 0.25) is 0 Å². The topological polar surface area (TPSA) is 29.1 Å². The highest BCUT2D eigenvalue weighted by Crippen LogP contribution is 2.22. The van der Waals surface area contributed by atoms with Crippen LogP contribution in [-0.4, -0.2) is 13.0 Å². The van der Waals surface area contributed by atoms with Gasteiger partial charge in [0.05, 0.1) is 0 Å². The molecule has 2 nitrogen and oxygen atoms in total. The van der Waals surface area contributed by atoms with Gasteiger partial charge in [-0.2, -0.15) is 0 Å². The second-order valence-corrected chi connectivity index (χ2v) is 7.65. The van der Waals surface area contributed by atoms with Crippen LogP contribution in [0.3, 0.4) is 0 Å². The lowest BCUT2D eigenvalue weighted by atomic mass is 9.96. The standard InChI is InChI=1S/C15H16S.C6H13NO.2C2H6/c1-2-13-8-10-15(11-9-13)16-12-14-6-4-3-5-7-14;1-6(2,3)5(8)7-4;2*1-2/h3-11H,2,12H2,1H3;1-4H3,(H,7,8);2*1-2H3. The van der Waals surface area contributed by atoms with Crippen molar-refractivity contribution in [3.05, 3.63) is 65.7 Å². The lowest BCUT2D eigenvalue weighted by Crippen LogP contribution is -2.31. The molecule has 0 radical (unpaired) electrons. The third kappa shape index (κ3) is 13.4. The molecule has 2 rings (SSSR count). The van der Waals surface area contributed by atoms with E-state index in [0.29, 0.717) is 0 Å². The molecule has 0 aromatic heterocycles. The summed E-state index contributed by atoms with van der Waals surface area (Å²) in [6.07, 6.45) is 1.11. The first-order valence-electron chi connectivity index (χ1n) is 10.3. The predicted molar refractivity (Wildman–Crippen MR) is 128 cm³/mol. The van der Waals surface area contributed by atoms with E-state index in [-0.39, 0.29) is 11.3 Å². The van der Waals surface area contributed by atoms with Crippen LogP contribution in [0, 0.1) is 5.41 Å². The molecule has 0 heterocycles. The molecule has 0 aliphatic heterocycles. The van der Waals surface area contributed by atoms with E-state index in [0.717, 1.165) is 12.2 Å². The molecule has 0 bridgehead atoms. The maximum atomic E-state index is 10.7. The van der Waals surface area contributed by atoms with Crippen molar-refractivity contribution in [2.45, 2.75) is 72.5 Å². The number of hydrogen-bond donors (Lipinski definition) is 1. The van der Waals surface area contributed by atoms with Crippen molar-refractivity contribution >= 4 is 17.7 Å². The fourth-order valence-corrected chi connectivity index (χ4v) is 2.79. The molecule has 0 saturated carbocycles. The first kappa shape index (κ1) is 28.5. The number of amides is 1. The van der Waals surface area contributed by atoms with Gasteiger partial charge in [-0.25, -0.2) is 0 Å². The summed E-state index contributed by atoms with van der Waals surface area (Å²) in [5, 5.41) is 2.57. The third-order valence-electron chi connectivity index (χ3n) is 3.49. The quantitative estimate of drug-likeness (QED) is 0.540. The first-order chi connectivity index (χ1) is 13.4. The normalized spacial score (nSPS) is 9.46. The number of nitrogens with one attached hydrogen (secondary N) is 1. The molecular weight excluding hydrogens is 362 g/mol. The Morgan fingerprint density at radius 1 is 0.857 bits per heavy atom. The highest BCUT2D eigenvalue weighted by Gasteiger charge is 2.18. The zero-order chi connectivity index (χ0) is 22.0. The number of aryl methyl sites for hydroxylation is 1. The van der Waals surface area contributed by atoms with Gasteiger partial charge < -0.3 is 5.32 Å². The average Bonchev–Trinajstić information content (AvgIpc) is 2.75. The minimum Gasteiger partial charge on any atom is -0.359 e. The lowest BCUT2D eigenvalue weighted by molar-refractivity contribution is -0.127. The molecule has 0 unspecified atom stereocenters. The number of carbonyl (C=O) groups excluding carboxylic acids is 1. The van der Waals surface area contributed by atoms with Crippen LogP contribution >= 0.6 is 11.8 Å². The summed E-state index contributed by atoms with van der Waals surface area (Å²) in [6, 6.07) is 19.5. The number of rotatable bonds is 4. The fraction of sp³-hybridized carbons (Fsp3) is 0.480. The van der Waals surface area contributed by atoms with Gasteiger partial charge in [-0.05, 0) is 29.7 Å². The molecule has 2 aromatic carbocycles. The van der Waals surface area contributed by atoms with Crippen molar-refractivity contribution in [2.75, 3.05) is 7.05 Å². The third-order valence-corrected chi connectivity index (χ3v) is 4.57. The Hall–Kier alpha value is -1.74. The van der Waals surface area contributed by atoms with Crippen LogP contribution in [0.1, 0.15) is 66.5 Å². The summed E-state index contributed by atoms with van der Waals surface area (Å²) in [5.41, 5.74) is 2.55.